The number of carbonyl (C=O) groups excluding carboxylic acids is 2. The molecule has 0 aliphatic carbocycles. The third-order valence-corrected chi connectivity index (χ3v) is 8.06. The largest absolute Gasteiger partial charge is 0.352 e. The topological polar surface area (TPSA) is 86.8 Å². The molecule has 35 heavy (non-hydrogen) atoms. The van der Waals surface area contributed by atoms with Crippen LogP contribution in [0.15, 0.2) is 36.4 Å². The van der Waals surface area contributed by atoms with E-state index in [9.17, 15) is 18.0 Å². The molecular formula is C23H27Cl4N3O4S. The van der Waals surface area contributed by atoms with Crippen LogP contribution < -0.4 is 9.62 Å². The van der Waals surface area contributed by atoms with E-state index < -0.39 is 28.5 Å². The van der Waals surface area contributed by atoms with Crippen molar-refractivity contribution in [2.24, 2.45) is 0 Å². The average molecular weight is 583 g/mol. The van der Waals surface area contributed by atoms with Crippen molar-refractivity contribution in [3.8, 4) is 0 Å². The summed E-state index contributed by atoms with van der Waals surface area (Å²) >= 11 is 24.5. The highest BCUT2D eigenvalue weighted by molar-refractivity contribution is 7.92. The van der Waals surface area contributed by atoms with E-state index in [1.807, 2.05) is 13.8 Å². The lowest BCUT2D eigenvalue weighted by Gasteiger charge is -2.32. The summed E-state index contributed by atoms with van der Waals surface area (Å²) in [7, 11) is -3.94. The lowest BCUT2D eigenvalue weighted by atomic mass is 10.1. The van der Waals surface area contributed by atoms with Crippen LogP contribution in [0.5, 0.6) is 0 Å². The molecule has 0 saturated heterocycles. The fourth-order valence-corrected chi connectivity index (χ4v) is 4.79. The second-order valence-corrected chi connectivity index (χ2v) is 11.6. The fourth-order valence-electron chi connectivity index (χ4n) is 3.16. The first-order chi connectivity index (χ1) is 16.3. The highest BCUT2D eigenvalue weighted by Crippen LogP contribution is 2.34. The maximum atomic E-state index is 13.5. The van der Waals surface area contributed by atoms with Crippen LogP contribution in [0.4, 0.5) is 5.69 Å². The monoisotopic (exact) mass is 581 g/mol. The zero-order chi connectivity index (χ0) is 26.5. The predicted molar refractivity (Wildman–Crippen MR) is 143 cm³/mol. The molecule has 2 amide bonds. The summed E-state index contributed by atoms with van der Waals surface area (Å²) in [5.74, 6) is -0.996. The average Bonchev–Trinajstić information content (AvgIpc) is 2.78. The lowest BCUT2D eigenvalue weighted by molar-refractivity contribution is -0.139. The maximum absolute atomic E-state index is 13.5. The second kappa shape index (κ2) is 12.5. The van der Waals surface area contributed by atoms with E-state index in [0.717, 1.165) is 10.6 Å². The van der Waals surface area contributed by atoms with Gasteiger partial charge < -0.3 is 10.2 Å². The minimum atomic E-state index is -3.94. The van der Waals surface area contributed by atoms with Gasteiger partial charge in [-0.05, 0) is 50.1 Å². The Morgan fingerprint density at radius 3 is 2.23 bits per heavy atom. The smallest absolute Gasteiger partial charge is 0.244 e. The van der Waals surface area contributed by atoms with Gasteiger partial charge in [0.1, 0.15) is 12.6 Å². The quantitative estimate of drug-likeness (QED) is 0.406. The van der Waals surface area contributed by atoms with Gasteiger partial charge in [-0.3, -0.25) is 13.9 Å². The first-order valence-electron chi connectivity index (χ1n) is 10.7. The first-order valence-corrected chi connectivity index (χ1v) is 14.1. The van der Waals surface area contributed by atoms with E-state index in [0.29, 0.717) is 17.0 Å². The number of anilines is 1. The van der Waals surface area contributed by atoms with Gasteiger partial charge in [0.2, 0.25) is 21.8 Å². The number of carbonyl (C=O) groups is 2. The van der Waals surface area contributed by atoms with E-state index >= 15 is 0 Å². The summed E-state index contributed by atoms with van der Waals surface area (Å²) in [5, 5.41) is 3.61. The molecule has 2 aromatic carbocycles. The molecule has 0 aliphatic rings. The minimum absolute atomic E-state index is 0.00824. The van der Waals surface area contributed by atoms with Crippen LogP contribution >= 0.6 is 46.4 Å². The number of rotatable bonds is 10. The van der Waals surface area contributed by atoms with Crippen molar-refractivity contribution < 1.29 is 18.0 Å². The summed E-state index contributed by atoms with van der Waals surface area (Å²) in [5.41, 5.74) is 0.670. The molecule has 0 radical (unpaired) electrons. The second-order valence-electron chi connectivity index (χ2n) is 8.11. The van der Waals surface area contributed by atoms with E-state index in [-0.39, 0.29) is 39.2 Å². The Morgan fingerprint density at radius 2 is 1.66 bits per heavy atom. The Hall–Kier alpha value is -1.71. The zero-order valence-corrected chi connectivity index (χ0v) is 23.5. The number of hydrogen-bond donors (Lipinski definition) is 1. The van der Waals surface area contributed by atoms with Gasteiger partial charge in [0.25, 0.3) is 0 Å². The van der Waals surface area contributed by atoms with Gasteiger partial charge in [0.15, 0.2) is 0 Å². The van der Waals surface area contributed by atoms with E-state index in [2.05, 4.69) is 5.32 Å². The molecule has 1 N–H and O–H groups in total. The Kier molecular flexibility index (Phi) is 10.5. The zero-order valence-electron chi connectivity index (χ0n) is 19.7. The van der Waals surface area contributed by atoms with Crippen LogP contribution in [0.3, 0.4) is 0 Å². The van der Waals surface area contributed by atoms with Crippen molar-refractivity contribution in [3.63, 3.8) is 0 Å². The molecule has 2 atom stereocenters. The Balaban J connectivity index is 2.45. The van der Waals surface area contributed by atoms with Crippen molar-refractivity contribution in [3.05, 3.63) is 62.1 Å². The normalized spacial score (nSPS) is 13.1. The SMILES string of the molecule is CC[C@@H](C)NC(=O)[C@H](C)N(Cc1ccc(Cl)c(Cl)c1)C(=O)CN(c1cccc(Cl)c1Cl)S(C)(=O)=O. The summed E-state index contributed by atoms with van der Waals surface area (Å²) < 4.78 is 26.1. The molecule has 0 saturated carbocycles. The molecule has 12 heteroatoms. The number of nitrogens with one attached hydrogen (secondary N) is 1. The van der Waals surface area contributed by atoms with Crippen molar-refractivity contribution >= 4 is 73.9 Å². The van der Waals surface area contributed by atoms with Crippen LogP contribution in [-0.4, -0.2) is 50.0 Å². The molecular weight excluding hydrogens is 556 g/mol. The molecule has 0 unspecified atom stereocenters. The number of amides is 2. The lowest BCUT2D eigenvalue weighted by Crippen LogP contribution is -2.52. The highest BCUT2D eigenvalue weighted by Gasteiger charge is 2.31. The first kappa shape index (κ1) is 29.5. The van der Waals surface area contributed by atoms with Gasteiger partial charge in [-0.15, -0.1) is 0 Å². The molecule has 0 spiro atoms. The number of nitrogens with zero attached hydrogens (tertiary/aromatic N) is 2. The number of sulfonamides is 1. The summed E-state index contributed by atoms with van der Waals surface area (Å²) in [6, 6.07) is 8.31. The summed E-state index contributed by atoms with van der Waals surface area (Å²) in [4.78, 5) is 27.7. The molecule has 0 heterocycles. The predicted octanol–water partition coefficient (Wildman–Crippen LogP) is 5.40. The van der Waals surface area contributed by atoms with Gasteiger partial charge >= 0.3 is 0 Å². The number of hydrogen-bond acceptors (Lipinski definition) is 4. The Bertz CT molecular complexity index is 1190. The van der Waals surface area contributed by atoms with Crippen LogP contribution in [0.1, 0.15) is 32.8 Å². The highest BCUT2D eigenvalue weighted by atomic mass is 35.5. The summed E-state index contributed by atoms with van der Waals surface area (Å²) in [6.45, 7) is 4.74. The van der Waals surface area contributed by atoms with E-state index in [4.69, 9.17) is 46.4 Å². The van der Waals surface area contributed by atoms with Crippen LogP contribution in [0, 0.1) is 0 Å². The van der Waals surface area contributed by atoms with Crippen molar-refractivity contribution in [1.82, 2.24) is 10.2 Å². The maximum Gasteiger partial charge on any atom is 0.244 e. The molecule has 0 fully saturated rings. The van der Waals surface area contributed by atoms with Gasteiger partial charge in [0, 0.05) is 12.6 Å². The van der Waals surface area contributed by atoms with Crippen molar-refractivity contribution in [2.45, 2.75) is 45.8 Å². The number of halogens is 4. The third-order valence-electron chi connectivity index (χ3n) is 5.38. The number of benzene rings is 2. The van der Waals surface area contributed by atoms with E-state index in [1.54, 1.807) is 25.1 Å². The molecule has 2 rings (SSSR count). The van der Waals surface area contributed by atoms with Gasteiger partial charge in [-0.2, -0.15) is 0 Å². The third kappa shape index (κ3) is 7.89. The van der Waals surface area contributed by atoms with E-state index in [1.165, 1.54) is 23.1 Å². The van der Waals surface area contributed by atoms with Crippen LogP contribution in [-0.2, 0) is 26.2 Å². The van der Waals surface area contributed by atoms with Crippen LogP contribution in [0.25, 0.3) is 0 Å². The summed E-state index contributed by atoms with van der Waals surface area (Å²) in [6.07, 6.45) is 1.66. The van der Waals surface area contributed by atoms with Gasteiger partial charge in [-0.1, -0.05) is 65.5 Å². The molecule has 192 valence electrons. The van der Waals surface area contributed by atoms with Gasteiger partial charge in [-0.25, -0.2) is 8.42 Å². The molecule has 2 aromatic rings. The molecule has 0 bridgehead atoms. The fraction of sp³-hybridized carbons (Fsp3) is 0.391. The molecule has 7 nitrogen and oxygen atoms in total. The molecule has 0 aliphatic heterocycles. The molecule has 0 aromatic heterocycles. The Labute approximate surface area is 226 Å². The van der Waals surface area contributed by atoms with Crippen molar-refractivity contribution in [2.75, 3.05) is 17.1 Å². The van der Waals surface area contributed by atoms with Crippen molar-refractivity contribution in [1.29, 1.82) is 0 Å². The standard InChI is InChI=1S/C23H27Cl4N3O4S/c1-5-14(2)28-23(32)15(3)29(12-16-9-10-17(24)19(26)11-16)21(31)13-30(35(4,33)34)20-8-6-7-18(25)22(20)27/h6-11,14-15H,5,12-13H2,1-4H3,(H,28,32)/t14-,15+/m1/s1. The minimum Gasteiger partial charge on any atom is -0.352 e. The van der Waals surface area contributed by atoms with Crippen LogP contribution in [0.2, 0.25) is 20.1 Å². The Morgan fingerprint density at radius 1 is 1.00 bits per heavy atom. The van der Waals surface area contributed by atoms with Gasteiger partial charge in [0.05, 0.1) is 32.0 Å².